The number of hydrogen-bond donors (Lipinski definition) is 1. The van der Waals surface area contributed by atoms with Crippen LogP contribution >= 0.6 is 0 Å². The summed E-state index contributed by atoms with van der Waals surface area (Å²) in [5.41, 5.74) is -1.94. The molecule has 1 aromatic carbocycles. The van der Waals surface area contributed by atoms with Crippen LogP contribution in [-0.2, 0) is 20.7 Å². The van der Waals surface area contributed by atoms with Crippen molar-refractivity contribution in [3.8, 4) is 0 Å². The van der Waals surface area contributed by atoms with E-state index in [0.717, 1.165) is 10.5 Å². The van der Waals surface area contributed by atoms with Crippen LogP contribution in [0.5, 0.6) is 0 Å². The van der Waals surface area contributed by atoms with Gasteiger partial charge in [0.15, 0.2) is 0 Å². The molecule has 32 heavy (non-hydrogen) atoms. The number of hydrogen-bond acceptors (Lipinski definition) is 5. The first kappa shape index (κ1) is 21.2. The second kappa shape index (κ2) is 7.19. The summed E-state index contributed by atoms with van der Waals surface area (Å²) in [5.74, 6) is -1.88. The van der Waals surface area contributed by atoms with Crippen molar-refractivity contribution in [3.63, 3.8) is 0 Å². The van der Waals surface area contributed by atoms with Crippen LogP contribution in [0.15, 0.2) is 30.3 Å². The Hall–Kier alpha value is -2.62. The third-order valence-corrected chi connectivity index (χ3v) is 7.38. The van der Waals surface area contributed by atoms with Gasteiger partial charge in [-0.2, -0.15) is 13.2 Å². The van der Waals surface area contributed by atoms with Gasteiger partial charge < -0.3 is 15.0 Å². The summed E-state index contributed by atoms with van der Waals surface area (Å²) in [6.45, 7) is 0.996. The number of rotatable bonds is 4. The largest absolute Gasteiger partial charge is 0.447 e. The van der Waals surface area contributed by atoms with Gasteiger partial charge in [0.2, 0.25) is 11.8 Å². The van der Waals surface area contributed by atoms with Crippen LogP contribution in [0, 0.1) is 16.7 Å². The molecule has 0 bridgehead atoms. The number of nitrogens with zero attached hydrogens (tertiary/aromatic N) is 2. The molecule has 172 valence electrons. The molecule has 5 rings (SSSR count). The minimum absolute atomic E-state index is 0.0826. The summed E-state index contributed by atoms with van der Waals surface area (Å²) >= 11 is 0. The van der Waals surface area contributed by atoms with Crippen molar-refractivity contribution in [2.45, 2.75) is 31.5 Å². The number of nitrogens with one attached hydrogen (secondary N) is 1. The van der Waals surface area contributed by atoms with E-state index < -0.39 is 41.0 Å². The first-order chi connectivity index (χ1) is 15.2. The van der Waals surface area contributed by atoms with Crippen LogP contribution in [0.2, 0.25) is 0 Å². The molecule has 1 N–H and O–H groups in total. The summed E-state index contributed by atoms with van der Waals surface area (Å²) < 4.78 is 45.2. The summed E-state index contributed by atoms with van der Waals surface area (Å²) in [7, 11) is 0. The highest BCUT2D eigenvalue weighted by Crippen LogP contribution is 2.60. The first-order valence-electron chi connectivity index (χ1n) is 10.8. The molecule has 3 heterocycles. The Labute approximate surface area is 182 Å². The topological polar surface area (TPSA) is 79.0 Å². The molecular weight excluding hydrogens is 427 g/mol. The van der Waals surface area contributed by atoms with E-state index >= 15 is 0 Å². The number of imide groups is 1. The number of amides is 3. The van der Waals surface area contributed by atoms with Crippen molar-refractivity contribution in [3.05, 3.63) is 35.9 Å². The van der Waals surface area contributed by atoms with Crippen LogP contribution in [0.3, 0.4) is 0 Å². The molecule has 1 spiro atoms. The minimum Gasteiger partial charge on any atom is -0.447 e. The SMILES string of the molecule is O=C1OCC(Cc2ccccc2)N1C(=O)C1CNCC12CN(C(=O)C1(C(F)(F)F)CC1)C2. The maximum atomic E-state index is 13.4. The lowest BCUT2D eigenvalue weighted by Crippen LogP contribution is -2.66. The van der Waals surface area contributed by atoms with E-state index in [2.05, 4.69) is 5.32 Å². The van der Waals surface area contributed by atoms with Gasteiger partial charge in [0, 0.05) is 31.6 Å². The fourth-order valence-electron chi connectivity index (χ4n) is 5.33. The van der Waals surface area contributed by atoms with Crippen molar-refractivity contribution in [2.24, 2.45) is 16.7 Å². The number of ether oxygens (including phenoxy) is 1. The van der Waals surface area contributed by atoms with E-state index in [1.807, 2.05) is 30.3 Å². The maximum absolute atomic E-state index is 13.4. The Kier molecular flexibility index (Phi) is 4.77. The first-order valence-corrected chi connectivity index (χ1v) is 10.8. The highest BCUT2D eigenvalue weighted by atomic mass is 19.4. The third kappa shape index (κ3) is 3.18. The zero-order valence-electron chi connectivity index (χ0n) is 17.4. The summed E-state index contributed by atoms with van der Waals surface area (Å²) in [5, 5.41) is 3.13. The molecule has 7 nitrogen and oxygen atoms in total. The van der Waals surface area contributed by atoms with Crippen molar-refractivity contribution in [1.82, 2.24) is 15.1 Å². The molecule has 4 aliphatic rings. The Morgan fingerprint density at radius 3 is 2.47 bits per heavy atom. The van der Waals surface area contributed by atoms with Crippen LogP contribution in [-0.4, -0.2) is 72.7 Å². The van der Waals surface area contributed by atoms with Gasteiger partial charge >= 0.3 is 12.3 Å². The molecule has 3 amide bonds. The van der Waals surface area contributed by atoms with Gasteiger partial charge in [0.1, 0.15) is 12.0 Å². The predicted octanol–water partition coefficient (Wildman–Crippen LogP) is 1.97. The Bertz CT molecular complexity index is 941. The average molecular weight is 451 g/mol. The van der Waals surface area contributed by atoms with Crippen molar-refractivity contribution >= 4 is 17.9 Å². The fourth-order valence-corrected chi connectivity index (χ4v) is 5.33. The number of benzene rings is 1. The molecule has 1 saturated carbocycles. The van der Waals surface area contributed by atoms with Crippen LogP contribution < -0.4 is 5.32 Å². The van der Waals surface area contributed by atoms with Crippen molar-refractivity contribution in [2.75, 3.05) is 32.8 Å². The van der Waals surface area contributed by atoms with Gasteiger partial charge in [-0.05, 0) is 24.8 Å². The Morgan fingerprint density at radius 1 is 1.16 bits per heavy atom. The van der Waals surface area contributed by atoms with Gasteiger partial charge in [0.25, 0.3) is 0 Å². The molecule has 4 fully saturated rings. The lowest BCUT2D eigenvalue weighted by molar-refractivity contribution is -0.205. The van der Waals surface area contributed by atoms with E-state index in [-0.39, 0.29) is 38.4 Å². The quantitative estimate of drug-likeness (QED) is 0.758. The third-order valence-electron chi connectivity index (χ3n) is 7.38. The summed E-state index contributed by atoms with van der Waals surface area (Å²) in [4.78, 5) is 40.7. The normalized spacial score (nSPS) is 27.9. The van der Waals surface area contributed by atoms with E-state index in [1.54, 1.807) is 0 Å². The number of carbonyl (C=O) groups is 3. The maximum Gasteiger partial charge on any atom is 0.416 e. The van der Waals surface area contributed by atoms with E-state index in [4.69, 9.17) is 4.74 Å². The van der Waals surface area contributed by atoms with Crippen LogP contribution in [0.4, 0.5) is 18.0 Å². The molecular formula is C22H24F3N3O4. The molecule has 0 aromatic heterocycles. The van der Waals surface area contributed by atoms with Gasteiger partial charge in [-0.25, -0.2) is 9.69 Å². The molecule has 2 atom stereocenters. The highest BCUT2D eigenvalue weighted by Gasteiger charge is 2.71. The van der Waals surface area contributed by atoms with E-state index in [1.165, 1.54) is 4.90 Å². The molecule has 10 heteroatoms. The molecule has 1 aliphatic carbocycles. The van der Waals surface area contributed by atoms with Gasteiger partial charge in [-0.1, -0.05) is 30.3 Å². The second-order valence-corrected chi connectivity index (χ2v) is 9.42. The number of cyclic esters (lactones) is 1. The molecule has 1 aromatic rings. The highest BCUT2D eigenvalue weighted by molar-refractivity contribution is 5.96. The number of alkyl halides is 3. The van der Waals surface area contributed by atoms with Crippen molar-refractivity contribution < 1.29 is 32.3 Å². The minimum atomic E-state index is -4.56. The lowest BCUT2D eigenvalue weighted by atomic mass is 9.70. The zero-order valence-corrected chi connectivity index (χ0v) is 17.4. The predicted molar refractivity (Wildman–Crippen MR) is 105 cm³/mol. The Balaban J connectivity index is 1.29. The van der Waals surface area contributed by atoms with Crippen molar-refractivity contribution in [1.29, 1.82) is 0 Å². The van der Waals surface area contributed by atoms with Gasteiger partial charge in [0.05, 0.1) is 12.0 Å². The monoisotopic (exact) mass is 451 g/mol. The number of halogens is 3. The summed E-state index contributed by atoms with van der Waals surface area (Å²) in [6, 6.07) is 9.02. The fraction of sp³-hybridized carbons (Fsp3) is 0.591. The standard InChI is InChI=1S/C22H24F3N3O4/c23-22(24,25)21(6-7-21)18(30)27-12-20(13-27)11-26-9-16(20)17(29)28-15(10-32-19(28)31)8-14-4-2-1-3-5-14/h1-5,15-16,26H,6-13H2. The average Bonchev–Trinajstić information content (AvgIpc) is 3.32. The smallest absolute Gasteiger partial charge is 0.416 e. The van der Waals surface area contributed by atoms with E-state index in [9.17, 15) is 27.6 Å². The van der Waals surface area contributed by atoms with Crippen LogP contribution in [0.25, 0.3) is 0 Å². The van der Waals surface area contributed by atoms with E-state index in [0.29, 0.717) is 19.5 Å². The zero-order chi connectivity index (χ0) is 22.7. The number of likely N-dealkylation sites (tertiary alicyclic amines) is 1. The molecule has 3 saturated heterocycles. The van der Waals surface area contributed by atoms with Gasteiger partial charge in [-0.3, -0.25) is 9.59 Å². The Morgan fingerprint density at radius 2 is 1.84 bits per heavy atom. The molecule has 3 aliphatic heterocycles. The lowest BCUT2D eigenvalue weighted by Gasteiger charge is -2.51. The molecule has 0 radical (unpaired) electrons. The second-order valence-electron chi connectivity index (χ2n) is 9.42. The molecule has 2 unspecified atom stereocenters. The number of carbonyl (C=O) groups excluding carboxylic acids is 3. The van der Waals surface area contributed by atoms with Crippen LogP contribution in [0.1, 0.15) is 18.4 Å². The van der Waals surface area contributed by atoms with Gasteiger partial charge in [-0.15, -0.1) is 0 Å². The summed E-state index contributed by atoms with van der Waals surface area (Å²) in [6.07, 6.45) is -5.15.